The lowest BCUT2D eigenvalue weighted by Crippen LogP contribution is -2.35. The van der Waals surface area contributed by atoms with E-state index in [9.17, 15) is 4.79 Å². The molecule has 3 N–H and O–H groups in total. The molecule has 1 heterocycles. The molecule has 0 aliphatic heterocycles. The maximum atomic E-state index is 11.5. The highest BCUT2D eigenvalue weighted by Gasteiger charge is 2.16. The minimum absolute atomic E-state index is 0.194. The molecule has 1 unspecified atom stereocenters. The SMILES string of the molecule is Cc1cn(C(C)C(=O)NN)c2ccccc12. The van der Waals surface area contributed by atoms with Gasteiger partial charge in [-0.3, -0.25) is 10.2 Å². The molecule has 0 radical (unpaired) electrons. The average Bonchev–Trinajstić information content (AvgIpc) is 2.65. The number of benzene rings is 1. The van der Waals surface area contributed by atoms with E-state index < -0.39 is 0 Å². The molecule has 84 valence electrons. The average molecular weight is 217 g/mol. The fourth-order valence-electron chi connectivity index (χ4n) is 1.95. The molecule has 4 nitrogen and oxygen atoms in total. The molecule has 0 saturated heterocycles. The smallest absolute Gasteiger partial charge is 0.256 e. The summed E-state index contributed by atoms with van der Waals surface area (Å²) in [5, 5.41) is 1.17. The Morgan fingerprint density at radius 1 is 1.44 bits per heavy atom. The van der Waals surface area contributed by atoms with Gasteiger partial charge in [-0.25, -0.2) is 5.84 Å². The number of hydrogen-bond acceptors (Lipinski definition) is 2. The first-order chi connectivity index (χ1) is 7.65. The van der Waals surface area contributed by atoms with E-state index in [0.717, 1.165) is 11.1 Å². The normalized spacial score (nSPS) is 12.7. The van der Waals surface area contributed by atoms with E-state index in [-0.39, 0.29) is 11.9 Å². The largest absolute Gasteiger partial charge is 0.335 e. The van der Waals surface area contributed by atoms with Gasteiger partial charge in [0.1, 0.15) is 6.04 Å². The maximum Gasteiger partial charge on any atom is 0.256 e. The molecule has 0 spiro atoms. The molecule has 0 aliphatic rings. The first-order valence-corrected chi connectivity index (χ1v) is 5.21. The van der Waals surface area contributed by atoms with Gasteiger partial charge in [-0.05, 0) is 25.5 Å². The molecular weight excluding hydrogens is 202 g/mol. The lowest BCUT2D eigenvalue weighted by atomic mass is 10.2. The van der Waals surface area contributed by atoms with Crippen LogP contribution in [0.2, 0.25) is 0 Å². The van der Waals surface area contributed by atoms with Gasteiger partial charge in [0.2, 0.25) is 0 Å². The summed E-state index contributed by atoms with van der Waals surface area (Å²) in [5.74, 6) is 4.95. The van der Waals surface area contributed by atoms with Gasteiger partial charge in [0, 0.05) is 17.1 Å². The molecule has 0 aliphatic carbocycles. The number of nitrogens with zero attached hydrogens (tertiary/aromatic N) is 1. The highest BCUT2D eigenvalue weighted by atomic mass is 16.2. The van der Waals surface area contributed by atoms with Crippen LogP contribution in [0.15, 0.2) is 30.5 Å². The number of nitrogens with two attached hydrogens (primary N) is 1. The summed E-state index contributed by atoms with van der Waals surface area (Å²) in [4.78, 5) is 11.5. The second kappa shape index (κ2) is 3.98. The van der Waals surface area contributed by atoms with Crippen molar-refractivity contribution in [3.63, 3.8) is 0 Å². The van der Waals surface area contributed by atoms with Crippen LogP contribution in [0.1, 0.15) is 18.5 Å². The van der Waals surface area contributed by atoms with Crippen LogP contribution in [-0.4, -0.2) is 10.5 Å². The van der Waals surface area contributed by atoms with Gasteiger partial charge in [0.15, 0.2) is 0 Å². The summed E-state index contributed by atoms with van der Waals surface area (Å²) in [5.41, 5.74) is 4.39. The van der Waals surface area contributed by atoms with Gasteiger partial charge >= 0.3 is 0 Å². The number of amides is 1. The lowest BCUT2D eigenvalue weighted by molar-refractivity contribution is -0.123. The van der Waals surface area contributed by atoms with Crippen LogP contribution >= 0.6 is 0 Å². The van der Waals surface area contributed by atoms with Gasteiger partial charge in [-0.15, -0.1) is 0 Å². The van der Waals surface area contributed by atoms with Crippen molar-refractivity contribution in [2.24, 2.45) is 5.84 Å². The Balaban J connectivity index is 2.57. The molecule has 1 atom stereocenters. The number of rotatable bonds is 2. The van der Waals surface area contributed by atoms with Gasteiger partial charge in [0.05, 0.1) is 0 Å². The van der Waals surface area contributed by atoms with Crippen LogP contribution in [0.5, 0.6) is 0 Å². The number of fused-ring (bicyclic) bond motifs is 1. The molecule has 2 aromatic rings. The molecule has 1 amide bonds. The lowest BCUT2D eigenvalue weighted by Gasteiger charge is -2.13. The summed E-state index contributed by atoms with van der Waals surface area (Å²) in [7, 11) is 0. The third-order valence-electron chi connectivity index (χ3n) is 2.88. The summed E-state index contributed by atoms with van der Waals surface area (Å²) in [6.45, 7) is 3.86. The van der Waals surface area contributed by atoms with Crippen LogP contribution in [0.4, 0.5) is 0 Å². The first-order valence-electron chi connectivity index (χ1n) is 5.21. The number of aromatic nitrogens is 1. The Morgan fingerprint density at radius 3 is 2.81 bits per heavy atom. The number of carbonyl (C=O) groups is 1. The summed E-state index contributed by atoms with van der Waals surface area (Å²) < 4.78 is 1.94. The minimum Gasteiger partial charge on any atom is -0.335 e. The quantitative estimate of drug-likeness (QED) is 0.455. The van der Waals surface area contributed by atoms with Crippen molar-refractivity contribution in [1.82, 2.24) is 9.99 Å². The molecule has 16 heavy (non-hydrogen) atoms. The molecule has 0 bridgehead atoms. The predicted octanol–water partition coefficient (Wildman–Crippen LogP) is 1.50. The molecule has 0 fully saturated rings. The van der Waals surface area contributed by atoms with Crippen molar-refractivity contribution in [3.8, 4) is 0 Å². The Bertz CT molecular complexity index is 530. The fourth-order valence-corrected chi connectivity index (χ4v) is 1.95. The van der Waals surface area contributed by atoms with Crippen LogP contribution in [0.3, 0.4) is 0 Å². The molecular formula is C12H15N3O. The van der Waals surface area contributed by atoms with Crippen molar-refractivity contribution in [3.05, 3.63) is 36.0 Å². The second-order valence-corrected chi connectivity index (χ2v) is 3.92. The zero-order valence-corrected chi connectivity index (χ0v) is 9.40. The standard InChI is InChI=1S/C12H15N3O/c1-8-7-15(9(2)12(16)14-13)11-6-4-3-5-10(8)11/h3-7,9H,13H2,1-2H3,(H,14,16). The van der Waals surface area contributed by atoms with Crippen LogP contribution in [0, 0.1) is 6.92 Å². The number of hydrogen-bond donors (Lipinski definition) is 2. The zero-order valence-electron chi connectivity index (χ0n) is 9.40. The topological polar surface area (TPSA) is 60.0 Å². The number of para-hydroxylation sites is 1. The van der Waals surface area contributed by atoms with E-state index in [1.807, 2.05) is 48.9 Å². The Hall–Kier alpha value is -1.81. The van der Waals surface area contributed by atoms with Crippen LogP contribution in [0.25, 0.3) is 10.9 Å². The van der Waals surface area contributed by atoms with E-state index in [4.69, 9.17) is 5.84 Å². The van der Waals surface area contributed by atoms with E-state index >= 15 is 0 Å². The Morgan fingerprint density at radius 2 is 2.12 bits per heavy atom. The van der Waals surface area contributed by atoms with Gasteiger partial charge in [-0.1, -0.05) is 18.2 Å². The van der Waals surface area contributed by atoms with Crippen molar-refractivity contribution in [2.45, 2.75) is 19.9 Å². The van der Waals surface area contributed by atoms with Crippen LogP contribution < -0.4 is 11.3 Å². The van der Waals surface area contributed by atoms with Gasteiger partial charge in [0.25, 0.3) is 5.91 Å². The van der Waals surface area contributed by atoms with E-state index in [2.05, 4.69) is 5.43 Å². The summed E-state index contributed by atoms with van der Waals surface area (Å²) in [6, 6.07) is 7.71. The van der Waals surface area contributed by atoms with E-state index in [0.29, 0.717) is 0 Å². The number of carbonyl (C=O) groups excluding carboxylic acids is 1. The minimum atomic E-state index is -0.302. The zero-order chi connectivity index (χ0) is 11.7. The van der Waals surface area contributed by atoms with Crippen LogP contribution in [-0.2, 0) is 4.79 Å². The van der Waals surface area contributed by atoms with Crippen molar-refractivity contribution in [2.75, 3.05) is 0 Å². The molecule has 0 saturated carbocycles. The number of aryl methyl sites for hydroxylation is 1. The Labute approximate surface area is 94.0 Å². The fraction of sp³-hybridized carbons (Fsp3) is 0.250. The third-order valence-corrected chi connectivity index (χ3v) is 2.88. The highest BCUT2D eigenvalue weighted by Crippen LogP contribution is 2.23. The predicted molar refractivity (Wildman–Crippen MR) is 63.7 cm³/mol. The molecule has 1 aromatic heterocycles. The van der Waals surface area contributed by atoms with Crippen molar-refractivity contribution < 1.29 is 4.79 Å². The van der Waals surface area contributed by atoms with E-state index in [1.54, 1.807) is 0 Å². The Kier molecular flexibility index (Phi) is 2.66. The van der Waals surface area contributed by atoms with Gasteiger partial charge in [-0.2, -0.15) is 0 Å². The summed E-state index contributed by atoms with van der Waals surface area (Å²) >= 11 is 0. The van der Waals surface area contributed by atoms with Crippen molar-refractivity contribution in [1.29, 1.82) is 0 Å². The first kappa shape index (κ1) is 10.7. The highest BCUT2D eigenvalue weighted by molar-refractivity contribution is 5.87. The molecule has 2 rings (SSSR count). The second-order valence-electron chi connectivity index (χ2n) is 3.92. The monoisotopic (exact) mass is 217 g/mol. The summed E-state index contributed by atoms with van der Waals surface area (Å²) in [6.07, 6.45) is 1.98. The van der Waals surface area contributed by atoms with Crippen molar-refractivity contribution >= 4 is 16.8 Å². The number of nitrogens with one attached hydrogen (secondary N) is 1. The third kappa shape index (κ3) is 1.57. The molecule has 4 heteroatoms. The number of hydrazine groups is 1. The molecule has 1 aromatic carbocycles. The maximum absolute atomic E-state index is 11.5. The van der Waals surface area contributed by atoms with Gasteiger partial charge < -0.3 is 4.57 Å². The van der Waals surface area contributed by atoms with E-state index in [1.165, 1.54) is 5.39 Å².